The van der Waals surface area contributed by atoms with Gasteiger partial charge in [-0.1, -0.05) is 6.07 Å². The van der Waals surface area contributed by atoms with E-state index >= 15 is 0 Å². The number of hydrogen-bond acceptors (Lipinski definition) is 5. The molecular weight excluding hydrogens is 340 g/mol. The molecule has 25 heavy (non-hydrogen) atoms. The number of thiocarbonyl (C=S) groups is 1. The first kappa shape index (κ1) is 19.1. The Morgan fingerprint density at radius 3 is 2.64 bits per heavy atom. The van der Waals surface area contributed by atoms with Crippen molar-refractivity contribution in [2.75, 3.05) is 13.7 Å². The van der Waals surface area contributed by atoms with Crippen molar-refractivity contribution < 1.29 is 19.0 Å². The Morgan fingerprint density at radius 1 is 1.32 bits per heavy atom. The summed E-state index contributed by atoms with van der Waals surface area (Å²) in [6.07, 6.45) is 0.0292. The number of nitrogens with one attached hydrogen (secondary N) is 2. The van der Waals surface area contributed by atoms with E-state index in [1.807, 2.05) is 32.0 Å². The molecule has 0 aliphatic carbocycles. The molecule has 1 aliphatic heterocycles. The first-order valence-electron chi connectivity index (χ1n) is 8.17. The largest absolute Gasteiger partial charge is 0.493 e. The average Bonchev–Trinajstić information content (AvgIpc) is 2.54. The molecule has 0 spiro atoms. The number of carbonyl (C=O) groups is 1. The molecule has 6 nitrogen and oxygen atoms in total. The molecule has 136 valence electrons. The number of esters is 1. The van der Waals surface area contributed by atoms with E-state index in [0.717, 1.165) is 5.56 Å². The van der Waals surface area contributed by atoms with Crippen molar-refractivity contribution in [2.24, 2.45) is 0 Å². The van der Waals surface area contributed by atoms with Crippen LogP contribution in [0.4, 0.5) is 0 Å². The molecule has 0 radical (unpaired) electrons. The van der Waals surface area contributed by atoms with Crippen LogP contribution in [-0.4, -0.2) is 30.9 Å². The van der Waals surface area contributed by atoms with Crippen LogP contribution < -0.4 is 20.1 Å². The molecule has 0 aromatic heterocycles. The highest BCUT2D eigenvalue weighted by Crippen LogP contribution is 2.35. The quantitative estimate of drug-likeness (QED) is 0.594. The van der Waals surface area contributed by atoms with Gasteiger partial charge in [0.05, 0.1) is 31.4 Å². The highest BCUT2D eigenvalue weighted by Gasteiger charge is 2.31. The zero-order valence-electron chi connectivity index (χ0n) is 15.1. The molecule has 1 aliphatic rings. The van der Waals surface area contributed by atoms with Gasteiger partial charge in [-0.25, -0.2) is 4.79 Å². The highest BCUT2D eigenvalue weighted by molar-refractivity contribution is 7.80. The summed E-state index contributed by atoms with van der Waals surface area (Å²) < 4.78 is 16.4. The molecule has 0 saturated carbocycles. The van der Waals surface area contributed by atoms with Gasteiger partial charge in [-0.15, -0.1) is 0 Å². The number of carbonyl (C=O) groups excluding carboxylic acids is 1. The number of ether oxygens (including phenoxy) is 3. The zero-order valence-corrected chi connectivity index (χ0v) is 16.0. The van der Waals surface area contributed by atoms with Crippen LogP contribution in [0.2, 0.25) is 0 Å². The summed E-state index contributed by atoms with van der Waals surface area (Å²) in [7, 11) is 1.58. The molecule has 0 bridgehead atoms. The van der Waals surface area contributed by atoms with Crippen LogP contribution in [0.25, 0.3) is 0 Å². The monoisotopic (exact) mass is 364 g/mol. The first-order chi connectivity index (χ1) is 11.9. The van der Waals surface area contributed by atoms with Gasteiger partial charge in [-0.3, -0.25) is 0 Å². The minimum Gasteiger partial charge on any atom is -0.493 e. The third-order valence-corrected chi connectivity index (χ3v) is 3.87. The van der Waals surface area contributed by atoms with Crippen LogP contribution in [0.15, 0.2) is 29.5 Å². The van der Waals surface area contributed by atoms with Crippen molar-refractivity contribution in [1.82, 2.24) is 10.6 Å². The van der Waals surface area contributed by atoms with Crippen molar-refractivity contribution >= 4 is 23.3 Å². The van der Waals surface area contributed by atoms with Gasteiger partial charge in [0.25, 0.3) is 0 Å². The Morgan fingerprint density at radius 2 is 2.04 bits per heavy atom. The van der Waals surface area contributed by atoms with Gasteiger partial charge in [-0.2, -0.15) is 0 Å². The lowest BCUT2D eigenvalue weighted by Crippen LogP contribution is -2.45. The van der Waals surface area contributed by atoms with Crippen LogP contribution >= 0.6 is 12.2 Å². The lowest BCUT2D eigenvalue weighted by atomic mass is 9.95. The predicted molar refractivity (Wildman–Crippen MR) is 99.7 cm³/mol. The van der Waals surface area contributed by atoms with E-state index in [-0.39, 0.29) is 12.1 Å². The van der Waals surface area contributed by atoms with Crippen molar-refractivity contribution in [1.29, 1.82) is 0 Å². The molecular formula is C18H24N2O4S. The first-order valence-corrected chi connectivity index (χ1v) is 8.58. The normalized spacial score (nSPS) is 17.0. The number of rotatable bonds is 6. The van der Waals surface area contributed by atoms with Gasteiger partial charge < -0.3 is 24.8 Å². The summed E-state index contributed by atoms with van der Waals surface area (Å²) in [6, 6.07) is 5.14. The minimum atomic E-state index is -0.421. The fraction of sp³-hybridized carbons (Fsp3) is 0.444. The third-order valence-electron chi connectivity index (χ3n) is 3.65. The van der Waals surface area contributed by atoms with E-state index in [2.05, 4.69) is 10.6 Å². The average molecular weight is 364 g/mol. The van der Waals surface area contributed by atoms with Crippen LogP contribution in [0, 0.1) is 0 Å². The van der Waals surface area contributed by atoms with Crippen molar-refractivity contribution in [2.45, 2.75) is 39.8 Å². The SMILES string of the molecule is CCOC(=O)C1=C(C)NC(=S)N[C@@H]1c1ccc(OC(C)C)c(OC)c1. The number of hydrogen-bond donors (Lipinski definition) is 2. The molecule has 1 atom stereocenters. The fourth-order valence-corrected chi connectivity index (χ4v) is 2.91. The molecule has 2 rings (SSSR count). The summed E-state index contributed by atoms with van der Waals surface area (Å²) in [5.74, 6) is 0.864. The van der Waals surface area contributed by atoms with Gasteiger partial charge in [-0.05, 0) is 57.6 Å². The molecule has 0 fully saturated rings. The second kappa shape index (κ2) is 8.20. The topological polar surface area (TPSA) is 68.8 Å². The highest BCUT2D eigenvalue weighted by atomic mass is 32.1. The summed E-state index contributed by atoms with van der Waals surface area (Å²) in [5.41, 5.74) is 2.00. The van der Waals surface area contributed by atoms with Crippen molar-refractivity contribution in [3.8, 4) is 11.5 Å². The van der Waals surface area contributed by atoms with Crippen LogP contribution in [0.3, 0.4) is 0 Å². The van der Waals surface area contributed by atoms with E-state index < -0.39 is 6.04 Å². The Balaban J connectivity index is 2.44. The number of allylic oxidation sites excluding steroid dienone is 1. The summed E-state index contributed by atoms with van der Waals surface area (Å²) >= 11 is 5.24. The van der Waals surface area contributed by atoms with Crippen LogP contribution in [-0.2, 0) is 9.53 Å². The van der Waals surface area contributed by atoms with E-state index in [0.29, 0.717) is 34.5 Å². The molecule has 1 heterocycles. The molecule has 0 amide bonds. The summed E-state index contributed by atoms with van der Waals surface area (Å²) in [5, 5.41) is 6.56. The Kier molecular flexibility index (Phi) is 6.25. The smallest absolute Gasteiger partial charge is 0.338 e. The molecule has 0 unspecified atom stereocenters. The Bertz CT molecular complexity index is 700. The molecule has 7 heteroatoms. The van der Waals surface area contributed by atoms with Crippen LogP contribution in [0.1, 0.15) is 39.3 Å². The molecule has 2 N–H and O–H groups in total. The fourth-order valence-electron chi connectivity index (χ4n) is 2.64. The van der Waals surface area contributed by atoms with E-state index in [1.54, 1.807) is 21.0 Å². The predicted octanol–water partition coefficient (Wildman–Crippen LogP) is 2.84. The van der Waals surface area contributed by atoms with Gasteiger partial charge in [0.15, 0.2) is 16.6 Å². The number of benzene rings is 1. The molecule has 1 aromatic rings. The lowest BCUT2D eigenvalue weighted by molar-refractivity contribution is -0.139. The maximum absolute atomic E-state index is 12.4. The summed E-state index contributed by atoms with van der Waals surface area (Å²) in [4.78, 5) is 12.4. The van der Waals surface area contributed by atoms with Gasteiger partial charge in [0.1, 0.15) is 0 Å². The standard InChI is InChI=1S/C18H24N2O4S/c1-6-23-17(21)15-11(4)19-18(25)20-16(15)12-7-8-13(24-10(2)3)14(9-12)22-5/h7-10,16H,6H2,1-5H3,(H2,19,20,25)/t16-/m1/s1. The minimum absolute atomic E-state index is 0.0292. The maximum Gasteiger partial charge on any atom is 0.338 e. The van der Waals surface area contributed by atoms with Crippen molar-refractivity contribution in [3.63, 3.8) is 0 Å². The third kappa shape index (κ3) is 4.42. The lowest BCUT2D eigenvalue weighted by Gasteiger charge is -2.30. The second-order valence-electron chi connectivity index (χ2n) is 5.87. The van der Waals surface area contributed by atoms with Gasteiger partial charge in [0, 0.05) is 5.70 Å². The van der Waals surface area contributed by atoms with Crippen LogP contribution in [0.5, 0.6) is 11.5 Å². The zero-order chi connectivity index (χ0) is 18.6. The molecule has 0 saturated heterocycles. The van der Waals surface area contributed by atoms with E-state index in [9.17, 15) is 4.79 Å². The number of methoxy groups -OCH3 is 1. The van der Waals surface area contributed by atoms with Crippen molar-refractivity contribution in [3.05, 3.63) is 35.0 Å². The van der Waals surface area contributed by atoms with Gasteiger partial charge >= 0.3 is 5.97 Å². The Labute approximate surface area is 153 Å². The van der Waals surface area contributed by atoms with Gasteiger partial charge in [0.2, 0.25) is 0 Å². The Hall–Kier alpha value is -2.28. The summed E-state index contributed by atoms with van der Waals surface area (Å²) in [6.45, 7) is 7.78. The van der Waals surface area contributed by atoms with E-state index in [1.165, 1.54) is 0 Å². The van der Waals surface area contributed by atoms with E-state index in [4.69, 9.17) is 26.4 Å². The molecule has 1 aromatic carbocycles. The maximum atomic E-state index is 12.4. The second-order valence-corrected chi connectivity index (χ2v) is 6.28.